The summed E-state index contributed by atoms with van der Waals surface area (Å²) in [4.78, 5) is 10.5. The molecule has 1 fully saturated rings. The minimum absolute atomic E-state index is 0.371. The molecule has 0 unspecified atom stereocenters. The van der Waals surface area contributed by atoms with Crippen molar-refractivity contribution in [1.82, 2.24) is 14.5 Å². The Hall–Kier alpha value is -2.29. The smallest absolute Gasteiger partial charge is 0.148 e. The van der Waals surface area contributed by atoms with E-state index in [1.807, 2.05) is 11.6 Å². The van der Waals surface area contributed by atoms with Crippen LogP contribution in [0, 0.1) is 11.3 Å². The van der Waals surface area contributed by atoms with Crippen molar-refractivity contribution in [1.29, 1.82) is 5.26 Å². The number of nitrogens with zero attached hydrogens (tertiary/aromatic N) is 5. The third kappa shape index (κ3) is 1.55. The quantitative estimate of drug-likeness (QED) is 0.834. The number of hydrogen-bond donors (Lipinski definition) is 1. The maximum atomic E-state index is 9.50. The number of nitriles is 1. The van der Waals surface area contributed by atoms with Gasteiger partial charge in [-0.3, -0.25) is 0 Å². The van der Waals surface area contributed by atoms with Crippen molar-refractivity contribution < 1.29 is 0 Å². The normalized spacial score (nSPS) is 19.0. The first kappa shape index (κ1) is 11.8. The van der Waals surface area contributed by atoms with E-state index in [1.54, 1.807) is 0 Å². The molecule has 0 aliphatic carbocycles. The Morgan fingerprint density at radius 1 is 1.47 bits per heavy atom. The van der Waals surface area contributed by atoms with Crippen LogP contribution in [0.25, 0.3) is 11.0 Å². The van der Waals surface area contributed by atoms with E-state index in [1.165, 1.54) is 6.33 Å². The standard InChI is InChI=1S/C13H16N6/c1-8-4-3-5-19(8)13-9(6-14)10-11(15)16-7-17-12(10)18(13)2/h7-8H,3-5H2,1-2H3,(H2,15,16,17)/t8-/m1/s1. The number of aromatic nitrogens is 3. The fourth-order valence-corrected chi connectivity index (χ4v) is 2.95. The van der Waals surface area contributed by atoms with Crippen LogP contribution in [-0.2, 0) is 7.05 Å². The number of hydrogen-bond acceptors (Lipinski definition) is 5. The highest BCUT2D eigenvalue weighted by Crippen LogP contribution is 2.36. The molecule has 2 aromatic rings. The van der Waals surface area contributed by atoms with Crippen LogP contribution in [0.2, 0.25) is 0 Å². The summed E-state index contributed by atoms with van der Waals surface area (Å²) in [5.41, 5.74) is 7.22. The van der Waals surface area contributed by atoms with Gasteiger partial charge in [0.25, 0.3) is 0 Å². The second-order valence-electron chi connectivity index (χ2n) is 5.01. The van der Waals surface area contributed by atoms with Gasteiger partial charge in [-0.2, -0.15) is 5.26 Å². The molecule has 0 amide bonds. The molecule has 2 aromatic heterocycles. The van der Waals surface area contributed by atoms with Crippen LogP contribution < -0.4 is 10.6 Å². The average molecular weight is 256 g/mol. The molecule has 0 saturated carbocycles. The SMILES string of the molecule is C[C@@H]1CCCN1c1c(C#N)c2c(N)ncnc2n1C. The summed E-state index contributed by atoms with van der Waals surface area (Å²) in [7, 11) is 1.93. The molecule has 19 heavy (non-hydrogen) atoms. The molecular weight excluding hydrogens is 240 g/mol. The molecular formula is C13H16N6. The van der Waals surface area contributed by atoms with E-state index in [-0.39, 0.29) is 0 Å². The highest BCUT2D eigenvalue weighted by Gasteiger charge is 2.28. The lowest BCUT2D eigenvalue weighted by atomic mass is 10.2. The lowest BCUT2D eigenvalue weighted by Gasteiger charge is -2.24. The maximum Gasteiger partial charge on any atom is 0.148 e. The maximum absolute atomic E-state index is 9.50. The summed E-state index contributed by atoms with van der Waals surface area (Å²) in [6.07, 6.45) is 3.73. The molecule has 1 atom stereocenters. The largest absolute Gasteiger partial charge is 0.383 e. The molecule has 6 nitrogen and oxygen atoms in total. The third-order valence-corrected chi connectivity index (χ3v) is 3.90. The molecule has 0 bridgehead atoms. The van der Waals surface area contributed by atoms with Crippen molar-refractivity contribution in [2.24, 2.45) is 7.05 Å². The predicted octanol–water partition coefficient (Wildman–Crippen LogP) is 1.41. The van der Waals surface area contributed by atoms with Gasteiger partial charge in [-0.1, -0.05) is 0 Å². The van der Waals surface area contributed by atoms with Gasteiger partial charge < -0.3 is 15.2 Å². The van der Waals surface area contributed by atoms with Crippen molar-refractivity contribution in [2.75, 3.05) is 17.2 Å². The van der Waals surface area contributed by atoms with Crippen LogP contribution in [0.1, 0.15) is 25.3 Å². The van der Waals surface area contributed by atoms with Gasteiger partial charge in [-0.25, -0.2) is 9.97 Å². The van der Waals surface area contributed by atoms with Gasteiger partial charge in [0.2, 0.25) is 0 Å². The number of rotatable bonds is 1. The Labute approximate surface area is 111 Å². The minimum atomic E-state index is 0.371. The van der Waals surface area contributed by atoms with Crippen molar-refractivity contribution >= 4 is 22.7 Å². The second-order valence-corrected chi connectivity index (χ2v) is 5.01. The van der Waals surface area contributed by atoms with Crippen LogP contribution in [0.4, 0.5) is 11.6 Å². The number of nitrogens with two attached hydrogens (primary N) is 1. The third-order valence-electron chi connectivity index (χ3n) is 3.90. The lowest BCUT2D eigenvalue weighted by Crippen LogP contribution is -2.28. The number of fused-ring (bicyclic) bond motifs is 1. The van der Waals surface area contributed by atoms with E-state index in [4.69, 9.17) is 5.73 Å². The fraction of sp³-hybridized carbons (Fsp3) is 0.462. The van der Waals surface area contributed by atoms with Gasteiger partial charge in [-0.15, -0.1) is 0 Å². The van der Waals surface area contributed by atoms with E-state index >= 15 is 0 Å². The minimum Gasteiger partial charge on any atom is -0.383 e. The Balaban J connectivity index is 2.33. The highest BCUT2D eigenvalue weighted by molar-refractivity contribution is 5.97. The van der Waals surface area contributed by atoms with E-state index in [0.29, 0.717) is 22.8 Å². The molecule has 0 aromatic carbocycles. The molecule has 0 spiro atoms. The van der Waals surface area contributed by atoms with E-state index < -0.39 is 0 Å². The van der Waals surface area contributed by atoms with Gasteiger partial charge in [0.1, 0.15) is 35.2 Å². The zero-order valence-electron chi connectivity index (χ0n) is 11.1. The molecule has 1 aliphatic heterocycles. The second kappa shape index (κ2) is 4.12. The number of anilines is 2. The molecule has 98 valence electrons. The summed E-state index contributed by atoms with van der Waals surface area (Å²) in [5.74, 6) is 1.28. The molecule has 2 N–H and O–H groups in total. The summed E-state index contributed by atoms with van der Waals surface area (Å²) in [6.45, 7) is 3.15. The van der Waals surface area contributed by atoms with E-state index in [9.17, 15) is 5.26 Å². The monoisotopic (exact) mass is 256 g/mol. The number of nitrogen functional groups attached to an aromatic ring is 1. The van der Waals surface area contributed by atoms with Gasteiger partial charge >= 0.3 is 0 Å². The molecule has 1 saturated heterocycles. The lowest BCUT2D eigenvalue weighted by molar-refractivity contribution is 0.712. The molecule has 6 heteroatoms. The van der Waals surface area contributed by atoms with Crippen LogP contribution in [0.5, 0.6) is 0 Å². The Bertz CT molecular complexity index is 680. The first-order chi connectivity index (χ1) is 9.15. The van der Waals surface area contributed by atoms with Crippen LogP contribution >= 0.6 is 0 Å². The summed E-state index contributed by atoms with van der Waals surface area (Å²) < 4.78 is 1.95. The van der Waals surface area contributed by atoms with Gasteiger partial charge in [0.05, 0.1) is 5.39 Å². The van der Waals surface area contributed by atoms with E-state index in [0.717, 1.165) is 30.9 Å². The summed E-state index contributed by atoms with van der Waals surface area (Å²) in [5, 5.41) is 10.2. The zero-order chi connectivity index (χ0) is 13.6. The highest BCUT2D eigenvalue weighted by atomic mass is 15.3. The summed E-state index contributed by atoms with van der Waals surface area (Å²) in [6, 6.07) is 2.71. The molecule has 0 radical (unpaired) electrons. The van der Waals surface area contributed by atoms with Gasteiger partial charge in [0, 0.05) is 19.6 Å². The van der Waals surface area contributed by atoms with Crippen molar-refractivity contribution in [2.45, 2.75) is 25.8 Å². The van der Waals surface area contributed by atoms with Crippen LogP contribution in [-0.4, -0.2) is 27.1 Å². The van der Waals surface area contributed by atoms with Gasteiger partial charge in [0.15, 0.2) is 0 Å². The van der Waals surface area contributed by atoms with E-state index in [2.05, 4.69) is 27.9 Å². The Morgan fingerprint density at radius 2 is 2.26 bits per heavy atom. The van der Waals surface area contributed by atoms with Crippen LogP contribution in [0.3, 0.4) is 0 Å². The zero-order valence-corrected chi connectivity index (χ0v) is 11.1. The van der Waals surface area contributed by atoms with Crippen molar-refractivity contribution in [3.63, 3.8) is 0 Å². The first-order valence-corrected chi connectivity index (χ1v) is 6.40. The van der Waals surface area contributed by atoms with Crippen molar-refractivity contribution in [3.8, 4) is 6.07 Å². The average Bonchev–Trinajstić information content (AvgIpc) is 2.92. The molecule has 1 aliphatic rings. The Kier molecular flexibility index (Phi) is 2.56. The molecule has 3 rings (SSSR count). The van der Waals surface area contributed by atoms with Crippen LogP contribution in [0.15, 0.2) is 6.33 Å². The fourth-order valence-electron chi connectivity index (χ4n) is 2.95. The van der Waals surface area contributed by atoms with Crippen molar-refractivity contribution in [3.05, 3.63) is 11.9 Å². The summed E-state index contributed by atoms with van der Waals surface area (Å²) >= 11 is 0. The molecule has 3 heterocycles. The topological polar surface area (TPSA) is 83.8 Å². The first-order valence-electron chi connectivity index (χ1n) is 6.40. The van der Waals surface area contributed by atoms with Gasteiger partial charge in [-0.05, 0) is 19.8 Å². The number of aryl methyl sites for hydroxylation is 1. The predicted molar refractivity (Wildman–Crippen MR) is 73.7 cm³/mol. The Morgan fingerprint density at radius 3 is 2.89 bits per heavy atom.